The molecule has 0 aliphatic heterocycles. The van der Waals surface area contributed by atoms with Crippen LogP contribution in [0.2, 0.25) is 0 Å². The van der Waals surface area contributed by atoms with E-state index in [1.54, 1.807) is 30.5 Å². The summed E-state index contributed by atoms with van der Waals surface area (Å²) in [5.41, 5.74) is 1.69. The monoisotopic (exact) mass is 310 g/mol. The van der Waals surface area contributed by atoms with Gasteiger partial charge in [0.25, 0.3) is 0 Å². The second-order valence-electron chi connectivity index (χ2n) is 4.78. The number of hydrogen-bond donors (Lipinski definition) is 1. The van der Waals surface area contributed by atoms with Gasteiger partial charge in [0, 0.05) is 24.0 Å². The van der Waals surface area contributed by atoms with E-state index in [0.29, 0.717) is 17.9 Å². The minimum atomic E-state index is -3.45. The Balaban J connectivity index is 2.06. The van der Waals surface area contributed by atoms with Crippen LogP contribution in [-0.2, 0) is 16.4 Å². The molecule has 6 heteroatoms. The molecule has 0 spiro atoms. The second kappa shape index (κ2) is 6.03. The van der Waals surface area contributed by atoms with Crippen molar-refractivity contribution in [1.82, 2.24) is 9.71 Å². The van der Waals surface area contributed by atoms with Crippen LogP contribution in [0.4, 0.5) is 0 Å². The summed E-state index contributed by atoms with van der Waals surface area (Å²) in [5, 5.41) is 0.950. The molecule has 1 heterocycles. The standard InChI is InChI=1S/C14H18N2O2S2/c1-10-4-5-11(2)13(8-10)20(17,18)16-7-6-14-15-9-12(3)19-14/h4-5,8-9,16H,6-7H2,1-3H3. The van der Waals surface area contributed by atoms with Gasteiger partial charge in [0.1, 0.15) is 0 Å². The van der Waals surface area contributed by atoms with Crippen LogP contribution in [0.5, 0.6) is 0 Å². The number of aryl methyl sites for hydroxylation is 3. The average Bonchev–Trinajstić information content (AvgIpc) is 2.78. The van der Waals surface area contributed by atoms with E-state index in [1.807, 2.05) is 26.0 Å². The maximum absolute atomic E-state index is 12.3. The largest absolute Gasteiger partial charge is 0.249 e. The highest BCUT2D eigenvalue weighted by molar-refractivity contribution is 7.89. The van der Waals surface area contributed by atoms with Crippen LogP contribution < -0.4 is 4.72 Å². The molecule has 0 fully saturated rings. The summed E-state index contributed by atoms with van der Waals surface area (Å²) in [7, 11) is -3.45. The van der Waals surface area contributed by atoms with Gasteiger partial charge in [-0.3, -0.25) is 0 Å². The Morgan fingerprint density at radius 1 is 1.25 bits per heavy atom. The molecule has 1 aromatic carbocycles. The number of benzene rings is 1. The van der Waals surface area contributed by atoms with Crippen molar-refractivity contribution in [3.05, 3.63) is 45.4 Å². The van der Waals surface area contributed by atoms with Gasteiger partial charge < -0.3 is 0 Å². The first-order valence-electron chi connectivity index (χ1n) is 6.37. The van der Waals surface area contributed by atoms with Crippen LogP contribution in [0.1, 0.15) is 21.0 Å². The molecule has 2 aromatic rings. The number of nitrogens with zero attached hydrogens (tertiary/aromatic N) is 1. The molecule has 1 aromatic heterocycles. The molecule has 0 radical (unpaired) electrons. The third-order valence-corrected chi connectivity index (χ3v) is 5.51. The zero-order valence-electron chi connectivity index (χ0n) is 11.8. The lowest BCUT2D eigenvalue weighted by Crippen LogP contribution is -2.26. The third kappa shape index (κ3) is 3.65. The Hall–Kier alpha value is -1.24. The lowest BCUT2D eigenvalue weighted by atomic mass is 10.2. The van der Waals surface area contributed by atoms with Crippen molar-refractivity contribution >= 4 is 21.4 Å². The third-order valence-electron chi connectivity index (χ3n) is 2.93. The Morgan fingerprint density at radius 2 is 2.00 bits per heavy atom. The topological polar surface area (TPSA) is 59.1 Å². The summed E-state index contributed by atoms with van der Waals surface area (Å²) in [6.07, 6.45) is 2.42. The van der Waals surface area contributed by atoms with Gasteiger partial charge in [0.2, 0.25) is 10.0 Å². The second-order valence-corrected chi connectivity index (χ2v) is 7.84. The zero-order valence-corrected chi connectivity index (χ0v) is 13.4. The van der Waals surface area contributed by atoms with Crippen molar-refractivity contribution in [3.63, 3.8) is 0 Å². The van der Waals surface area contributed by atoms with E-state index in [1.165, 1.54) is 0 Å². The predicted molar refractivity (Wildman–Crippen MR) is 81.7 cm³/mol. The molecule has 0 bridgehead atoms. The fourth-order valence-electron chi connectivity index (χ4n) is 1.88. The molecular formula is C14H18N2O2S2. The van der Waals surface area contributed by atoms with Gasteiger partial charge in [0.15, 0.2) is 0 Å². The molecule has 0 saturated heterocycles. The van der Waals surface area contributed by atoms with Crippen LogP contribution >= 0.6 is 11.3 Å². The zero-order chi connectivity index (χ0) is 14.8. The van der Waals surface area contributed by atoms with Gasteiger partial charge in [0.05, 0.1) is 9.90 Å². The lowest BCUT2D eigenvalue weighted by Gasteiger charge is -2.09. The Labute approximate surface area is 123 Å². The van der Waals surface area contributed by atoms with Crippen LogP contribution in [-0.4, -0.2) is 19.9 Å². The molecule has 0 amide bonds. The number of nitrogens with one attached hydrogen (secondary N) is 1. The molecular weight excluding hydrogens is 292 g/mol. The van der Waals surface area contributed by atoms with Crippen LogP contribution in [0, 0.1) is 20.8 Å². The summed E-state index contributed by atoms with van der Waals surface area (Å²) >= 11 is 1.59. The van der Waals surface area contributed by atoms with E-state index in [0.717, 1.165) is 21.0 Å². The van der Waals surface area contributed by atoms with Crippen molar-refractivity contribution in [1.29, 1.82) is 0 Å². The summed E-state index contributed by atoms with van der Waals surface area (Å²) in [4.78, 5) is 5.71. The highest BCUT2D eigenvalue weighted by atomic mass is 32.2. The van der Waals surface area contributed by atoms with E-state index in [4.69, 9.17) is 0 Å². The molecule has 0 unspecified atom stereocenters. The van der Waals surface area contributed by atoms with Gasteiger partial charge in [-0.25, -0.2) is 18.1 Å². The quantitative estimate of drug-likeness (QED) is 0.923. The number of rotatable bonds is 5. The van der Waals surface area contributed by atoms with E-state index in [-0.39, 0.29) is 0 Å². The summed E-state index contributed by atoms with van der Waals surface area (Å²) < 4.78 is 27.2. The number of hydrogen-bond acceptors (Lipinski definition) is 4. The summed E-state index contributed by atoms with van der Waals surface area (Å²) in [5.74, 6) is 0. The number of aromatic nitrogens is 1. The van der Waals surface area contributed by atoms with Gasteiger partial charge in [-0.2, -0.15) is 0 Å². The first kappa shape index (κ1) is 15.2. The van der Waals surface area contributed by atoms with Crippen molar-refractivity contribution in [2.75, 3.05) is 6.54 Å². The lowest BCUT2D eigenvalue weighted by molar-refractivity contribution is 0.581. The fraction of sp³-hybridized carbons (Fsp3) is 0.357. The van der Waals surface area contributed by atoms with Crippen LogP contribution in [0.25, 0.3) is 0 Å². The molecule has 20 heavy (non-hydrogen) atoms. The summed E-state index contributed by atoms with van der Waals surface area (Å²) in [6.45, 7) is 6.04. The van der Waals surface area contributed by atoms with E-state index < -0.39 is 10.0 Å². The number of sulfonamides is 1. The predicted octanol–water partition coefficient (Wildman–Crippen LogP) is 2.59. The summed E-state index contributed by atoms with van der Waals surface area (Å²) in [6, 6.07) is 5.44. The Kier molecular flexibility index (Phi) is 4.57. The maximum Gasteiger partial charge on any atom is 0.240 e. The van der Waals surface area contributed by atoms with Gasteiger partial charge >= 0.3 is 0 Å². The van der Waals surface area contributed by atoms with Gasteiger partial charge in [-0.15, -0.1) is 11.3 Å². The highest BCUT2D eigenvalue weighted by Gasteiger charge is 2.16. The molecule has 0 atom stereocenters. The SMILES string of the molecule is Cc1ccc(C)c(S(=O)(=O)NCCc2ncc(C)s2)c1. The first-order valence-corrected chi connectivity index (χ1v) is 8.67. The smallest absolute Gasteiger partial charge is 0.240 e. The minimum Gasteiger partial charge on any atom is -0.249 e. The normalized spacial score (nSPS) is 11.8. The molecule has 2 rings (SSSR count). The molecule has 1 N–H and O–H groups in total. The van der Waals surface area contributed by atoms with Crippen molar-refractivity contribution in [2.24, 2.45) is 0 Å². The molecule has 0 saturated carbocycles. The van der Waals surface area contributed by atoms with Crippen molar-refractivity contribution in [2.45, 2.75) is 32.1 Å². The molecule has 108 valence electrons. The number of thiazole rings is 1. The van der Waals surface area contributed by atoms with Gasteiger partial charge in [-0.1, -0.05) is 12.1 Å². The minimum absolute atomic E-state index is 0.354. The molecule has 0 aliphatic carbocycles. The fourth-order valence-corrected chi connectivity index (χ4v) is 4.03. The van der Waals surface area contributed by atoms with Crippen LogP contribution in [0.15, 0.2) is 29.3 Å². The average molecular weight is 310 g/mol. The maximum atomic E-state index is 12.3. The van der Waals surface area contributed by atoms with E-state index in [2.05, 4.69) is 9.71 Å². The molecule has 4 nitrogen and oxygen atoms in total. The van der Waals surface area contributed by atoms with Gasteiger partial charge in [-0.05, 0) is 38.0 Å². The Bertz CT molecular complexity index is 706. The van der Waals surface area contributed by atoms with E-state index >= 15 is 0 Å². The first-order chi connectivity index (χ1) is 9.38. The van der Waals surface area contributed by atoms with Crippen LogP contribution in [0.3, 0.4) is 0 Å². The highest BCUT2D eigenvalue weighted by Crippen LogP contribution is 2.17. The molecule has 0 aliphatic rings. The van der Waals surface area contributed by atoms with E-state index in [9.17, 15) is 8.42 Å². The Morgan fingerprint density at radius 3 is 2.65 bits per heavy atom. The van der Waals surface area contributed by atoms with Crippen molar-refractivity contribution in [3.8, 4) is 0 Å². The van der Waals surface area contributed by atoms with Crippen molar-refractivity contribution < 1.29 is 8.42 Å².